The molecule has 4 bridgehead atoms. The van der Waals surface area contributed by atoms with Gasteiger partial charge in [-0.2, -0.15) is 5.10 Å². The third-order valence-corrected chi connectivity index (χ3v) is 7.89. The van der Waals surface area contributed by atoms with Gasteiger partial charge in [-0.05, 0) is 57.9 Å². The number of allylic oxidation sites excluding steroid dienone is 1. The number of hydrogen-bond acceptors (Lipinski definition) is 10. The Bertz CT molecular complexity index is 1440. The molecule has 2 unspecified atom stereocenters. The van der Waals surface area contributed by atoms with Gasteiger partial charge in [-0.1, -0.05) is 18.4 Å². The predicted molar refractivity (Wildman–Crippen MR) is 161 cm³/mol. The maximum absolute atomic E-state index is 9.34. The molecule has 11 nitrogen and oxygen atoms in total. The minimum atomic E-state index is -0.187. The maximum Gasteiger partial charge on any atom is 0.222 e. The van der Waals surface area contributed by atoms with Gasteiger partial charge in [-0.15, -0.1) is 0 Å². The second kappa shape index (κ2) is 13.3. The number of fused-ring (bicyclic) bond motifs is 6. The van der Waals surface area contributed by atoms with Crippen LogP contribution < -0.4 is 14.8 Å². The molecule has 3 N–H and O–H groups in total. The van der Waals surface area contributed by atoms with Crippen molar-refractivity contribution >= 4 is 23.1 Å². The Balaban J connectivity index is 1.45. The predicted octanol–water partition coefficient (Wildman–Crippen LogP) is 5.54. The summed E-state index contributed by atoms with van der Waals surface area (Å²) in [5.74, 6) is 4.09. The molecule has 2 aliphatic rings. The van der Waals surface area contributed by atoms with E-state index in [4.69, 9.17) is 24.6 Å². The lowest BCUT2D eigenvalue weighted by Crippen LogP contribution is -2.19. The summed E-state index contributed by atoms with van der Waals surface area (Å²) in [6.45, 7) is 7.05. The smallest absolute Gasteiger partial charge is 0.222 e. The first-order chi connectivity index (χ1) is 20.4. The van der Waals surface area contributed by atoms with E-state index in [-0.39, 0.29) is 12.0 Å². The van der Waals surface area contributed by atoms with Gasteiger partial charge in [0.15, 0.2) is 5.82 Å². The van der Waals surface area contributed by atoms with Crippen molar-refractivity contribution in [3.05, 3.63) is 41.9 Å². The zero-order valence-corrected chi connectivity index (χ0v) is 24.9. The van der Waals surface area contributed by atoms with Gasteiger partial charge in [0.05, 0.1) is 25.5 Å². The second-order valence-corrected chi connectivity index (χ2v) is 11.1. The minimum absolute atomic E-state index is 0.111. The number of aliphatic hydroxyl groups excluding tert-OH is 1. The summed E-state index contributed by atoms with van der Waals surface area (Å²) in [6.07, 6.45) is 10.8. The van der Waals surface area contributed by atoms with Gasteiger partial charge in [0.2, 0.25) is 11.8 Å². The van der Waals surface area contributed by atoms with Crippen molar-refractivity contribution in [2.24, 2.45) is 18.9 Å². The molecule has 0 radical (unpaired) electrons. The van der Waals surface area contributed by atoms with Crippen LogP contribution in [-0.4, -0.2) is 61.7 Å². The molecule has 11 heteroatoms. The third-order valence-electron chi connectivity index (χ3n) is 7.89. The van der Waals surface area contributed by atoms with E-state index < -0.39 is 0 Å². The molecule has 42 heavy (non-hydrogen) atoms. The van der Waals surface area contributed by atoms with E-state index in [0.717, 1.165) is 43.2 Å². The fraction of sp³-hybridized carbons (Fsp3) is 0.516. The number of ether oxygens (including phenoxy) is 3. The molecule has 0 spiro atoms. The Labute approximate surface area is 246 Å². The van der Waals surface area contributed by atoms with E-state index in [1.165, 1.54) is 0 Å². The van der Waals surface area contributed by atoms with Crippen LogP contribution in [0.3, 0.4) is 0 Å². The number of aliphatic hydroxyl groups is 1. The lowest BCUT2D eigenvalue weighted by atomic mass is 9.96. The fourth-order valence-electron chi connectivity index (χ4n) is 5.40. The molecule has 1 fully saturated rings. The van der Waals surface area contributed by atoms with Gasteiger partial charge in [0.1, 0.15) is 22.9 Å². The van der Waals surface area contributed by atoms with Crippen molar-refractivity contribution in [3.8, 4) is 23.0 Å². The molecule has 4 heterocycles. The number of nitrogens with one attached hydrogen (secondary N) is 2. The molecule has 1 aliphatic heterocycles. The van der Waals surface area contributed by atoms with Crippen molar-refractivity contribution in [1.82, 2.24) is 24.7 Å². The van der Waals surface area contributed by atoms with Crippen LogP contribution >= 0.6 is 0 Å². The topological polar surface area (TPSA) is 140 Å². The number of rotatable bonds is 9. The molecular weight excluding hydrogens is 534 g/mol. The van der Waals surface area contributed by atoms with Gasteiger partial charge >= 0.3 is 0 Å². The highest BCUT2D eigenvalue weighted by Crippen LogP contribution is 2.42. The van der Waals surface area contributed by atoms with Gasteiger partial charge in [-0.3, -0.25) is 5.41 Å². The molecule has 0 aromatic carbocycles. The Morgan fingerprint density at radius 3 is 2.86 bits per heavy atom. The Hall–Kier alpha value is -3.99. The molecule has 0 amide bonds. The summed E-state index contributed by atoms with van der Waals surface area (Å²) < 4.78 is 20.0. The van der Waals surface area contributed by atoms with Crippen LogP contribution in [-0.2, 0) is 11.8 Å². The molecule has 5 rings (SSSR count). The van der Waals surface area contributed by atoms with E-state index in [9.17, 15) is 5.11 Å². The summed E-state index contributed by atoms with van der Waals surface area (Å²) >= 11 is 0. The average molecular weight is 576 g/mol. The van der Waals surface area contributed by atoms with Crippen LogP contribution in [0.1, 0.15) is 64.9 Å². The number of aromatic nitrogens is 5. The first-order valence-electron chi connectivity index (χ1n) is 14.8. The van der Waals surface area contributed by atoms with Gasteiger partial charge < -0.3 is 24.6 Å². The zero-order valence-electron chi connectivity index (χ0n) is 24.9. The van der Waals surface area contributed by atoms with E-state index in [1.807, 2.05) is 27.0 Å². The van der Waals surface area contributed by atoms with Crippen LogP contribution in [0.25, 0.3) is 17.0 Å². The highest BCUT2D eigenvalue weighted by Gasteiger charge is 2.35. The van der Waals surface area contributed by atoms with Crippen molar-refractivity contribution in [3.63, 3.8) is 0 Å². The SMILES string of the molecule is CCOC(=N)/C(=C(/C)CCCCC1CC1CO)c1cnc2cc1O[C@@H](C)CCOc1c(cnn1C)-c1nccc(n1)N2. The molecule has 3 aromatic rings. The molecular formula is C31H41N7O4. The van der Waals surface area contributed by atoms with Crippen LogP contribution in [0.15, 0.2) is 36.3 Å². The van der Waals surface area contributed by atoms with E-state index in [1.54, 1.807) is 29.3 Å². The summed E-state index contributed by atoms with van der Waals surface area (Å²) in [5.41, 5.74) is 3.20. The van der Waals surface area contributed by atoms with Crippen LogP contribution in [0.4, 0.5) is 11.6 Å². The number of anilines is 2. The quantitative estimate of drug-likeness (QED) is 0.170. The number of pyridine rings is 1. The zero-order chi connectivity index (χ0) is 29.6. The fourth-order valence-corrected chi connectivity index (χ4v) is 5.40. The number of hydrogen-bond donors (Lipinski definition) is 3. The van der Waals surface area contributed by atoms with Gasteiger partial charge in [0.25, 0.3) is 0 Å². The molecule has 3 aromatic heterocycles. The van der Waals surface area contributed by atoms with Crippen LogP contribution in [0.2, 0.25) is 0 Å². The monoisotopic (exact) mass is 575 g/mol. The van der Waals surface area contributed by atoms with Crippen molar-refractivity contribution in [2.75, 3.05) is 25.1 Å². The number of aryl methyl sites for hydroxylation is 1. The number of nitrogens with zero attached hydrogens (tertiary/aromatic N) is 5. The molecule has 1 aliphatic carbocycles. The lowest BCUT2D eigenvalue weighted by molar-refractivity contribution is 0.172. The Morgan fingerprint density at radius 1 is 1.21 bits per heavy atom. The van der Waals surface area contributed by atoms with E-state index in [0.29, 0.717) is 78.3 Å². The first-order valence-corrected chi connectivity index (χ1v) is 14.8. The summed E-state index contributed by atoms with van der Waals surface area (Å²) in [6, 6.07) is 3.63. The highest BCUT2D eigenvalue weighted by molar-refractivity contribution is 6.19. The summed E-state index contributed by atoms with van der Waals surface area (Å²) in [5, 5.41) is 25.8. The third kappa shape index (κ3) is 6.89. The van der Waals surface area contributed by atoms with Crippen molar-refractivity contribution < 1.29 is 19.3 Å². The minimum Gasteiger partial charge on any atom is -0.490 e. The van der Waals surface area contributed by atoms with E-state index >= 15 is 0 Å². The van der Waals surface area contributed by atoms with Crippen LogP contribution in [0.5, 0.6) is 11.6 Å². The van der Waals surface area contributed by atoms with E-state index in [2.05, 4.69) is 27.3 Å². The molecule has 1 saturated carbocycles. The summed E-state index contributed by atoms with van der Waals surface area (Å²) in [4.78, 5) is 13.8. The van der Waals surface area contributed by atoms with Gasteiger partial charge in [0, 0.05) is 49.7 Å². The lowest BCUT2D eigenvalue weighted by Gasteiger charge is -2.22. The molecule has 224 valence electrons. The molecule has 0 saturated heterocycles. The Kier molecular flexibility index (Phi) is 9.36. The molecule has 3 atom stereocenters. The van der Waals surface area contributed by atoms with Crippen molar-refractivity contribution in [2.45, 2.75) is 65.4 Å². The first kappa shape index (κ1) is 29.5. The Morgan fingerprint density at radius 2 is 2.07 bits per heavy atom. The normalized spacial score (nSPS) is 20.2. The second-order valence-electron chi connectivity index (χ2n) is 11.1. The highest BCUT2D eigenvalue weighted by atomic mass is 16.5. The van der Waals surface area contributed by atoms with Crippen LogP contribution in [0, 0.1) is 17.2 Å². The summed E-state index contributed by atoms with van der Waals surface area (Å²) in [7, 11) is 1.83. The van der Waals surface area contributed by atoms with Gasteiger partial charge in [-0.25, -0.2) is 19.6 Å². The average Bonchev–Trinajstić information content (AvgIpc) is 3.64. The maximum atomic E-state index is 9.34. The standard InChI is InChI=1S/C31H41N7O4/c1-5-40-29(32)28(19(2)8-6-7-9-21-14-22(21)18-39)23-16-34-27-15-25(23)42-20(3)11-13-41-31-24(17-35-38(31)4)30-33-12-10-26(36-27)37-30/h10,12,15-17,20-22,32,39H,5-9,11,13-14,18H2,1-4H3,(H,33,34,36,37)/b28-19-,32-29?/t20-,21?,22?/m0/s1. The van der Waals surface area contributed by atoms with Crippen molar-refractivity contribution in [1.29, 1.82) is 5.41 Å². The largest absolute Gasteiger partial charge is 0.490 e. The number of unbranched alkanes of at least 4 members (excludes halogenated alkanes) is 1.